The first-order valence-corrected chi connectivity index (χ1v) is 7.14. The van der Waals surface area contributed by atoms with Gasteiger partial charge in [-0.1, -0.05) is 6.07 Å². The summed E-state index contributed by atoms with van der Waals surface area (Å²) in [6.45, 7) is 0. The minimum atomic E-state index is -0.188. The lowest BCUT2D eigenvalue weighted by Crippen LogP contribution is -2.12. The molecule has 3 rings (SSSR count). The molecule has 0 unspecified atom stereocenters. The lowest BCUT2D eigenvalue weighted by Gasteiger charge is -2.09. The number of nitrogens with two attached hydrogens (primary N) is 1. The van der Waals surface area contributed by atoms with E-state index in [9.17, 15) is 4.79 Å². The zero-order valence-corrected chi connectivity index (χ0v) is 12.6. The van der Waals surface area contributed by atoms with Gasteiger partial charge in [0, 0.05) is 27.3 Å². The minimum absolute atomic E-state index is 0.188. The Morgan fingerprint density at radius 3 is 2.81 bits per heavy atom. The van der Waals surface area contributed by atoms with Crippen LogP contribution in [0, 0.1) is 0 Å². The fraction of sp³-hybridized carbons (Fsp3) is 0. The predicted molar refractivity (Wildman–Crippen MR) is 88.3 cm³/mol. The molecule has 3 N–H and O–H groups in total. The highest BCUT2D eigenvalue weighted by Gasteiger charge is 2.09. The predicted octanol–water partition coefficient (Wildman–Crippen LogP) is 3.83. The Morgan fingerprint density at radius 1 is 1.14 bits per heavy atom. The third-order valence-corrected chi connectivity index (χ3v) is 3.84. The number of carbonyl (C=O) groups is 1. The Labute approximate surface area is 130 Å². The molecule has 21 heavy (non-hydrogen) atoms. The zero-order chi connectivity index (χ0) is 14.8. The second-order valence-corrected chi connectivity index (χ2v) is 5.42. The molecule has 5 heteroatoms. The van der Waals surface area contributed by atoms with Crippen molar-refractivity contribution < 1.29 is 4.79 Å². The number of fused-ring (bicyclic) bond motifs is 1. The summed E-state index contributed by atoms with van der Waals surface area (Å²) in [6.07, 6.45) is 1.73. The molecule has 0 atom stereocenters. The summed E-state index contributed by atoms with van der Waals surface area (Å²) in [4.78, 5) is 16.6. The molecular formula is C16H12BrN3O. The van der Waals surface area contributed by atoms with Crippen LogP contribution in [0.4, 0.5) is 11.4 Å². The number of rotatable bonds is 2. The van der Waals surface area contributed by atoms with Crippen LogP contribution in [-0.4, -0.2) is 10.9 Å². The minimum Gasteiger partial charge on any atom is -0.398 e. The van der Waals surface area contributed by atoms with Gasteiger partial charge in [-0.05, 0) is 58.4 Å². The summed E-state index contributed by atoms with van der Waals surface area (Å²) in [5, 5.41) is 3.81. The number of halogens is 1. The van der Waals surface area contributed by atoms with Crippen LogP contribution in [-0.2, 0) is 0 Å². The lowest BCUT2D eigenvalue weighted by molar-refractivity contribution is 0.102. The molecule has 0 saturated carbocycles. The van der Waals surface area contributed by atoms with Crippen LogP contribution in [0.2, 0.25) is 0 Å². The average Bonchev–Trinajstić information content (AvgIpc) is 2.50. The zero-order valence-electron chi connectivity index (χ0n) is 11.0. The van der Waals surface area contributed by atoms with Gasteiger partial charge in [0.1, 0.15) is 0 Å². The van der Waals surface area contributed by atoms with E-state index in [2.05, 4.69) is 26.2 Å². The number of benzene rings is 2. The summed E-state index contributed by atoms with van der Waals surface area (Å²) in [5.74, 6) is -0.188. The molecule has 0 bridgehead atoms. The van der Waals surface area contributed by atoms with Crippen molar-refractivity contribution in [3.63, 3.8) is 0 Å². The van der Waals surface area contributed by atoms with Crippen molar-refractivity contribution in [1.82, 2.24) is 4.98 Å². The van der Waals surface area contributed by atoms with E-state index in [4.69, 9.17) is 5.73 Å². The molecule has 2 aromatic carbocycles. The van der Waals surface area contributed by atoms with Crippen LogP contribution in [0.3, 0.4) is 0 Å². The number of aromatic nitrogens is 1. The molecule has 0 spiro atoms. The standard InChI is InChI=1S/C16H12BrN3O/c17-12-9-10(6-7-13(12)18)16(21)20-15-5-1-4-14-11(15)3-2-8-19-14/h1-9H,18H2,(H,20,21). The van der Waals surface area contributed by atoms with Crippen LogP contribution in [0.1, 0.15) is 10.4 Å². The molecule has 0 aliphatic carbocycles. The van der Waals surface area contributed by atoms with E-state index in [1.54, 1.807) is 24.4 Å². The fourth-order valence-corrected chi connectivity index (χ4v) is 2.45. The van der Waals surface area contributed by atoms with Gasteiger partial charge in [0.05, 0.1) is 11.2 Å². The quantitative estimate of drug-likeness (QED) is 0.696. The van der Waals surface area contributed by atoms with Crippen molar-refractivity contribution in [3.8, 4) is 0 Å². The van der Waals surface area contributed by atoms with Gasteiger partial charge in [0.2, 0.25) is 0 Å². The van der Waals surface area contributed by atoms with Crippen molar-refractivity contribution in [2.75, 3.05) is 11.1 Å². The topological polar surface area (TPSA) is 68.0 Å². The largest absolute Gasteiger partial charge is 0.398 e. The van der Waals surface area contributed by atoms with E-state index in [1.165, 1.54) is 0 Å². The maximum Gasteiger partial charge on any atom is 0.255 e. The molecule has 0 aliphatic heterocycles. The van der Waals surface area contributed by atoms with Crippen LogP contribution < -0.4 is 11.1 Å². The molecule has 1 amide bonds. The maximum absolute atomic E-state index is 12.3. The molecule has 4 nitrogen and oxygen atoms in total. The summed E-state index contributed by atoms with van der Waals surface area (Å²) in [5.41, 5.74) is 8.44. The number of nitrogen functional groups attached to an aromatic ring is 1. The van der Waals surface area contributed by atoms with E-state index in [-0.39, 0.29) is 5.91 Å². The normalized spacial score (nSPS) is 10.5. The highest BCUT2D eigenvalue weighted by atomic mass is 79.9. The molecular weight excluding hydrogens is 330 g/mol. The number of carbonyl (C=O) groups excluding carboxylic acids is 1. The SMILES string of the molecule is Nc1ccc(C(=O)Nc2cccc3ncccc23)cc1Br. The second kappa shape index (κ2) is 5.54. The Hall–Kier alpha value is -2.40. The van der Waals surface area contributed by atoms with Gasteiger partial charge < -0.3 is 11.1 Å². The van der Waals surface area contributed by atoms with E-state index in [0.717, 1.165) is 16.6 Å². The third kappa shape index (κ3) is 2.73. The Bertz CT molecular complexity index is 827. The van der Waals surface area contributed by atoms with Gasteiger partial charge in [0.25, 0.3) is 5.91 Å². The van der Waals surface area contributed by atoms with Crippen molar-refractivity contribution >= 4 is 44.1 Å². The smallest absolute Gasteiger partial charge is 0.255 e. The summed E-state index contributed by atoms with van der Waals surface area (Å²) in [6, 6.07) is 14.5. The lowest BCUT2D eigenvalue weighted by atomic mass is 10.1. The van der Waals surface area contributed by atoms with Crippen LogP contribution in [0.5, 0.6) is 0 Å². The number of anilines is 2. The van der Waals surface area contributed by atoms with Gasteiger partial charge in [-0.25, -0.2) is 0 Å². The number of pyridine rings is 1. The summed E-state index contributed by atoms with van der Waals surface area (Å²) in [7, 11) is 0. The van der Waals surface area contributed by atoms with Crippen molar-refractivity contribution in [3.05, 3.63) is 64.8 Å². The number of nitrogens with one attached hydrogen (secondary N) is 1. The molecule has 1 heterocycles. The first-order chi connectivity index (χ1) is 10.1. The van der Waals surface area contributed by atoms with E-state index < -0.39 is 0 Å². The van der Waals surface area contributed by atoms with Gasteiger partial charge in [-0.3, -0.25) is 9.78 Å². The first kappa shape index (κ1) is 13.6. The summed E-state index contributed by atoms with van der Waals surface area (Å²) < 4.78 is 0.703. The first-order valence-electron chi connectivity index (χ1n) is 6.35. The molecule has 0 aliphatic rings. The molecule has 3 aromatic rings. The maximum atomic E-state index is 12.3. The number of hydrogen-bond acceptors (Lipinski definition) is 3. The van der Waals surface area contributed by atoms with Gasteiger partial charge in [0.15, 0.2) is 0 Å². The van der Waals surface area contributed by atoms with E-state index in [0.29, 0.717) is 15.7 Å². The van der Waals surface area contributed by atoms with Gasteiger partial charge >= 0.3 is 0 Å². The number of amides is 1. The number of nitrogens with zero attached hydrogens (tertiary/aromatic N) is 1. The Morgan fingerprint density at radius 2 is 2.00 bits per heavy atom. The Balaban J connectivity index is 1.94. The highest BCUT2D eigenvalue weighted by molar-refractivity contribution is 9.10. The number of hydrogen-bond donors (Lipinski definition) is 2. The molecule has 0 radical (unpaired) electrons. The second-order valence-electron chi connectivity index (χ2n) is 4.57. The van der Waals surface area contributed by atoms with E-state index >= 15 is 0 Å². The molecule has 104 valence electrons. The van der Waals surface area contributed by atoms with Gasteiger partial charge in [-0.15, -0.1) is 0 Å². The van der Waals surface area contributed by atoms with Crippen molar-refractivity contribution in [1.29, 1.82) is 0 Å². The van der Waals surface area contributed by atoms with E-state index in [1.807, 2.05) is 30.3 Å². The average molecular weight is 342 g/mol. The Kier molecular flexibility index (Phi) is 3.58. The van der Waals surface area contributed by atoms with Gasteiger partial charge in [-0.2, -0.15) is 0 Å². The van der Waals surface area contributed by atoms with Crippen LogP contribution >= 0.6 is 15.9 Å². The molecule has 0 fully saturated rings. The highest BCUT2D eigenvalue weighted by Crippen LogP contribution is 2.24. The van der Waals surface area contributed by atoms with Crippen LogP contribution in [0.25, 0.3) is 10.9 Å². The summed E-state index contributed by atoms with van der Waals surface area (Å²) >= 11 is 3.32. The van der Waals surface area contributed by atoms with Crippen molar-refractivity contribution in [2.24, 2.45) is 0 Å². The third-order valence-electron chi connectivity index (χ3n) is 3.16. The fourth-order valence-electron chi connectivity index (χ4n) is 2.08. The van der Waals surface area contributed by atoms with Crippen LogP contribution in [0.15, 0.2) is 59.2 Å². The molecule has 0 saturated heterocycles. The molecule has 1 aromatic heterocycles. The van der Waals surface area contributed by atoms with Crippen molar-refractivity contribution in [2.45, 2.75) is 0 Å². The monoisotopic (exact) mass is 341 g/mol.